The van der Waals surface area contributed by atoms with Crippen molar-refractivity contribution in [3.05, 3.63) is 49.9 Å². The maximum absolute atomic E-state index is 6.14. The molecule has 1 unspecified atom stereocenters. The molecule has 0 aliphatic rings. The highest BCUT2D eigenvalue weighted by atomic mass is 35.5. The fraction of sp³-hybridized carbons (Fsp3) is 0.308. The van der Waals surface area contributed by atoms with Gasteiger partial charge in [-0.1, -0.05) is 35.3 Å². The maximum Gasteiger partial charge on any atom is 0.110 e. The second kappa shape index (κ2) is 6.02. The largest absolute Gasteiger partial charge is 0.304 e. The van der Waals surface area contributed by atoms with Crippen LogP contribution in [0.3, 0.4) is 0 Å². The number of aryl methyl sites for hydroxylation is 1. The van der Waals surface area contributed by atoms with Gasteiger partial charge in [0, 0.05) is 17.6 Å². The van der Waals surface area contributed by atoms with E-state index in [1.165, 1.54) is 0 Å². The zero-order chi connectivity index (χ0) is 13.1. The molecule has 0 aliphatic carbocycles. The lowest BCUT2D eigenvalue weighted by atomic mass is 10.2. The molecule has 0 saturated heterocycles. The second-order valence-corrected chi connectivity index (χ2v) is 5.82. The van der Waals surface area contributed by atoms with E-state index in [1.807, 2.05) is 19.1 Å². The number of aromatic nitrogens is 1. The second-order valence-electron chi connectivity index (χ2n) is 4.14. The van der Waals surface area contributed by atoms with Crippen molar-refractivity contribution in [2.75, 3.05) is 0 Å². The number of hydrogen-bond acceptors (Lipinski definition) is 3. The Kier molecular flexibility index (Phi) is 4.62. The van der Waals surface area contributed by atoms with Crippen molar-refractivity contribution in [3.8, 4) is 0 Å². The Bertz CT molecular complexity index is 540. The molecule has 1 heterocycles. The summed E-state index contributed by atoms with van der Waals surface area (Å²) in [5, 5.41) is 7.76. The van der Waals surface area contributed by atoms with Crippen LogP contribution >= 0.6 is 34.5 Å². The van der Waals surface area contributed by atoms with E-state index in [4.69, 9.17) is 23.2 Å². The Hall–Kier alpha value is -0.610. The summed E-state index contributed by atoms with van der Waals surface area (Å²) in [7, 11) is 0. The van der Waals surface area contributed by atoms with Crippen molar-refractivity contribution in [1.29, 1.82) is 0 Å². The van der Waals surface area contributed by atoms with E-state index in [9.17, 15) is 0 Å². The van der Waals surface area contributed by atoms with Crippen LogP contribution in [0.1, 0.15) is 29.2 Å². The summed E-state index contributed by atoms with van der Waals surface area (Å²) in [5.41, 5.74) is 2.06. The van der Waals surface area contributed by atoms with Gasteiger partial charge in [0.25, 0.3) is 0 Å². The predicted molar refractivity (Wildman–Crippen MR) is 78.6 cm³/mol. The molecule has 18 heavy (non-hydrogen) atoms. The minimum Gasteiger partial charge on any atom is -0.304 e. The molecular weight excluding hydrogens is 287 g/mol. The van der Waals surface area contributed by atoms with E-state index in [2.05, 4.69) is 22.6 Å². The topological polar surface area (TPSA) is 24.9 Å². The zero-order valence-electron chi connectivity index (χ0n) is 10.2. The van der Waals surface area contributed by atoms with E-state index in [1.54, 1.807) is 17.4 Å². The molecule has 1 N–H and O–H groups in total. The first-order chi connectivity index (χ1) is 8.58. The van der Waals surface area contributed by atoms with Gasteiger partial charge in [0.1, 0.15) is 5.01 Å². The van der Waals surface area contributed by atoms with Gasteiger partial charge in [-0.3, -0.25) is 0 Å². The van der Waals surface area contributed by atoms with Gasteiger partial charge in [-0.25, -0.2) is 4.98 Å². The third-order valence-corrected chi connectivity index (χ3v) is 4.64. The van der Waals surface area contributed by atoms with Gasteiger partial charge in [-0.05, 0) is 25.5 Å². The summed E-state index contributed by atoms with van der Waals surface area (Å²) in [4.78, 5) is 4.46. The fourth-order valence-electron chi connectivity index (χ4n) is 1.61. The van der Waals surface area contributed by atoms with Crippen molar-refractivity contribution < 1.29 is 0 Å². The fourth-order valence-corrected chi connectivity index (χ4v) is 2.82. The Balaban J connectivity index is 2.01. The van der Waals surface area contributed by atoms with Crippen LogP contribution in [0.25, 0.3) is 0 Å². The van der Waals surface area contributed by atoms with Crippen LogP contribution < -0.4 is 5.32 Å². The maximum atomic E-state index is 6.14. The van der Waals surface area contributed by atoms with Gasteiger partial charge < -0.3 is 5.32 Å². The lowest BCUT2D eigenvalue weighted by Gasteiger charge is -2.12. The molecular formula is C13H14Cl2N2S. The number of rotatable bonds is 4. The van der Waals surface area contributed by atoms with E-state index >= 15 is 0 Å². The van der Waals surface area contributed by atoms with Crippen LogP contribution in [0.4, 0.5) is 0 Å². The van der Waals surface area contributed by atoms with Crippen LogP contribution in [0, 0.1) is 6.92 Å². The van der Waals surface area contributed by atoms with Gasteiger partial charge in [-0.2, -0.15) is 0 Å². The van der Waals surface area contributed by atoms with E-state index in [0.29, 0.717) is 16.6 Å². The molecule has 2 nitrogen and oxygen atoms in total. The summed E-state index contributed by atoms with van der Waals surface area (Å²) >= 11 is 13.8. The number of nitrogens with zero attached hydrogens (tertiary/aromatic N) is 1. The Morgan fingerprint density at radius 1 is 1.39 bits per heavy atom. The van der Waals surface area contributed by atoms with Gasteiger partial charge in [0.15, 0.2) is 0 Å². The number of hydrogen-bond donors (Lipinski definition) is 1. The first-order valence-electron chi connectivity index (χ1n) is 5.66. The van der Waals surface area contributed by atoms with Crippen LogP contribution in [-0.2, 0) is 6.54 Å². The van der Waals surface area contributed by atoms with Crippen molar-refractivity contribution in [2.24, 2.45) is 0 Å². The van der Waals surface area contributed by atoms with E-state index in [-0.39, 0.29) is 6.04 Å². The summed E-state index contributed by atoms with van der Waals surface area (Å²) in [6, 6.07) is 5.88. The minimum absolute atomic E-state index is 0.207. The van der Waals surface area contributed by atoms with Crippen LogP contribution in [0.5, 0.6) is 0 Å². The molecule has 2 rings (SSSR count). The Morgan fingerprint density at radius 3 is 2.83 bits per heavy atom. The first kappa shape index (κ1) is 13.8. The number of halogens is 2. The molecule has 2 aromatic rings. The highest BCUT2D eigenvalue weighted by Crippen LogP contribution is 2.26. The molecule has 1 aromatic heterocycles. The molecule has 0 saturated carbocycles. The Labute approximate surface area is 121 Å². The van der Waals surface area contributed by atoms with E-state index < -0.39 is 0 Å². The van der Waals surface area contributed by atoms with Crippen molar-refractivity contribution >= 4 is 34.5 Å². The molecule has 0 spiro atoms. The third kappa shape index (κ3) is 3.23. The molecule has 0 aliphatic heterocycles. The van der Waals surface area contributed by atoms with Crippen LogP contribution in [0.15, 0.2) is 23.6 Å². The van der Waals surface area contributed by atoms with Gasteiger partial charge >= 0.3 is 0 Å². The SMILES string of the molecule is Cc1csc(C(C)NCc2cccc(Cl)c2Cl)n1. The molecule has 96 valence electrons. The predicted octanol–water partition coefficient (Wildman–Crippen LogP) is 4.61. The average molecular weight is 301 g/mol. The monoisotopic (exact) mass is 300 g/mol. The summed E-state index contributed by atoms with van der Waals surface area (Å²) < 4.78 is 0. The number of benzene rings is 1. The first-order valence-corrected chi connectivity index (χ1v) is 7.30. The van der Waals surface area contributed by atoms with Gasteiger partial charge in [0.2, 0.25) is 0 Å². The molecule has 1 atom stereocenters. The number of thiazole rings is 1. The number of nitrogens with one attached hydrogen (secondary N) is 1. The summed E-state index contributed by atoms with van der Waals surface area (Å²) in [5.74, 6) is 0. The lowest BCUT2D eigenvalue weighted by molar-refractivity contribution is 0.571. The van der Waals surface area contributed by atoms with E-state index in [0.717, 1.165) is 16.3 Å². The van der Waals surface area contributed by atoms with Crippen molar-refractivity contribution in [2.45, 2.75) is 26.4 Å². The molecule has 1 aromatic carbocycles. The minimum atomic E-state index is 0.207. The van der Waals surface area contributed by atoms with Crippen LogP contribution in [0.2, 0.25) is 10.0 Å². The molecule has 0 amide bonds. The molecule has 0 fully saturated rings. The smallest absolute Gasteiger partial charge is 0.110 e. The average Bonchev–Trinajstić information content (AvgIpc) is 2.77. The normalized spacial score (nSPS) is 12.7. The highest BCUT2D eigenvalue weighted by Gasteiger charge is 2.10. The third-order valence-electron chi connectivity index (χ3n) is 2.64. The lowest BCUT2D eigenvalue weighted by Crippen LogP contribution is -2.18. The zero-order valence-corrected chi connectivity index (χ0v) is 12.5. The van der Waals surface area contributed by atoms with Crippen molar-refractivity contribution in [3.63, 3.8) is 0 Å². The van der Waals surface area contributed by atoms with Gasteiger partial charge in [0.05, 0.1) is 16.1 Å². The molecule has 5 heteroatoms. The Morgan fingerprint density at radius 2 is 2.17 bits per heavy atom. The molecule has 0 bridgehead atoms. The quantitative estimate of drug-likeness (QED) is 0.892. The summed E-state index contributed by atoms with van der Waals surface area (Å²) in [6.07, 6.45) is 0. The van der Waals surface area contributed by atoms with Crippen molar-refractivity contribution in [1.82, 2.24) is 10.3 Å². The summed E-state index contributed by atoms with van der Waals surface area (Å²) in [6.45, 7) is 4.77. The highest BCUT2D eigenvalue weighted by molar-refractivity contribution is 7.09. The standard InChI is InChI=1S/C13H14Cl2N2S/c1-8-7-18-13(17-8)9(2)16-6-10-4-3-5-11(14)12(10)15/h3-5,7,9,16H,6H2,1-2H3. The van der Waals surface area contributed by atoms with Crippen LogP contribution in [-0.4, -0.2) is 4.98 Å². The van der Waals surface area contributed by atoms with Gasteiger partial charge in [-0.15, -0.1) is 11.3 Å². The molecule has 0 radical (unpaired) electrons.